The summed E-state index contributed by atoms with van der Waals surface area (Å²) >= 11 is 0. The van der Waals surface area contributed by atoms with Crippen LogP contribution in [-0.4, -0.2) is 5.91 Å². The van der Waals surface area contributed by atoms with Gasteiger partial charge in [-0.05, 0) is 0 Å². The molecule has 0 aromatic carbocycles. The maximum Gasteiger partial charge on any atom is 0.214 e. The average molecular weight is 143 g/mol. The van der Waals surface area contributed by atoms with Crippen LogP contribution < -0.4 is 5.73 Å². The molecule has 0 radical (unpaired) electrons. The zero-order chi connectivity index (χ0) is 7.82. The molecule has 2 heteroatoms. The van der Waals surface area contributed by atoms with Gasteiger partial charge in [-0.3, -0.25) is 4.79 Å². The van der Waals surface area contributed by atoms with Crippen LogP contribution >= 0.6 is 0 Å². The summed E-state index contributed by atoms with van der Waals surface area (Å²) in [6.07, 6.45) is 9.00. The lowest BCUT2D eigenvalue weighted by Gasteiger charge is -2.05. The average Bonchev–Trinajstić information content (AvgIpc) is 1.90. The van der Waals surface area contributed by atoms with Crippen LogP contribution in [0.4, 0.5) is 0 Å². The third-order valence-corrected chi connectivity index (χ3v) is 1.50. The van der Waals surface area contributed by atoms with Crippen LogP contribution in [0.2, 0.25) is 0 Å². The Morgan fingerprint density at radius 1 is 1.00 bits per heavy atom. The maximum atomic E-state index is 9.22. The van der Waals surface area contributed by atoms with Gasteiger partial charge in [-0.15, -0.1) is 0 Å². The van der Waals surface area contributed by atoms with Crippen LogP contribution in [0, 0.1) is 0 Å². The highest BCUT2D eigenvalue weighted by molar-refractivity contribution is 5.70. The van der Waals surface area contributed by atoms with Crippen LogP contribution in [0.5, 0.6) is 0 Å². The van der Waals surface area contributed by atoms with Crippen LogP contribution in [0.25, 0.3) is 0 Å². The van der Waals surface area contributed by atoms with Gasteiger partial charge in [0.2, 0.25) is 5.91 Å². The van der Waals surface area contributed by atoms with Crippen molar-refractivity contribution in [2.45, 2.75) is 45.4 Å². The topological polar surface area (TPSA) is 43.1 Å². The number of amides is 1. The number of carbonyl (C=O) groups is 1. The molecule has 0 aliphatic heterocycles. The number of hydrogen-bond acceptors (Lipinski definition) is 1. The highest BCUT2D eigenvalue weighted by Crippen LogP contribution is 2.15. The van der Waals surface area contributed by atoms with Crippen molar-refractivity contribution in [1.82, 2.24) is 0 Å². The van der Waals surface area contributed by atoms with Gasteiger partial charge in [0.05, 0.1) is 0 Å². The van der Waals surface area contributed by atoms with E-state index in [1.165, 1.54) is 45.4 Å². The minimum Gasteiger partial charge on any atom is -0.370 e. The molecule has 0 bridgehead atoms. The van der Waals surface area contributed by atoms with E-state index in [0.717, 1.165) is 0 Å². The predicted octanol–water partition coefficient (Wildman–Crippen LogP) is 1.83. The van der Waals surface area contributed by atoms with E-state index in [-0.39, 0.29) is 5.91 Å². The largest absolute Gasteiger partial charge is 0.370 e. The summed E-state index contributed by atoms with van der Waals surface area (Å²) in [5.41, 5.74) is 4.47. The molecule has 10 heavy (non-hydrogen) atoms. The Labute approximate surface area is 62.8 Å². The van der Waals surface area contributed by atoms with Crippen LogP contribution in [0.1, 0.15) is 45.4 Å². The molecule has 0 unspecified atom stereocenters. The van der Waals surface area contributed by atoms with Gasteiger partial charge in [0.1, 0.15) is 0 Å². The van der Waals surface area contributed by atoms with E-state index in [4.69, 9.17) is 0 Å². The molecule has 0 heterocycles. The lowest BCUT2D eigenvalue weighted by Crippen LogP contribution is -2.01. The Bertz CT molecular complexity index is 71.7. The summed E-state index contributed by atoms with van der Waals surface area (Å²) in [5, 5.41) is 0. The van der Waals surface area contributed by atoms with Crippen molar-refractivity contribution in [3.8, 4) is 0 Å². The second-order valence-electron chi connectivity index (χ2n) is 2.73. The zero-order valence-electron chi connectivity index (χ0n) is 6.73. The number of primary amides is 1. The van der Waals surface area contributed by atoms with Gasteiger partial charge < -0.3 is 5.73 Å². The van der Waals surface area contributed by atoms with Crippen molar-refractivity contribution in [3.05, 3.63) is 0 Å². The first-order valence-corrected chi connectivity index (χ1v) is 3.99. The number of hydrogen-bond donors (Lipinski definition) is 1. The molecule has 0 aromatic rings. The molecule has 1 aliphatic carbocycles. The van der Waals surface area contributed by atoms with Crippen molar-refractivity contribution in [2.24, 2.45) is 5.73 Å². The van der Waals surface area contributed by atoms with Gasteiger partial charge in [0.25, 0.3) is 0 Å². The molecule has 2 nitrogen and oxygen atoms in total. The number of carbonyl (C=O) groups excluding carboxylic acids is 1. The third kappa shape index (κ3) is 10.5. The molecule has 1 aliphatic rings. The smallest absolute Gasteiger partial charge is 0.214 e. The maximum absolute atomic E-state index is 9.22. The highest BCUT2D eigenvalue weighted by Gasteiger charge is 1.95. The first-order valence-electron chi connectivity index (χ1n) is 3.99. The molecule has 1 saturated carbocycles. The minimum absolute atomic E-state index is 0.333. The van der Waals surface area contributed by atoms with Crippen molar-refractivity contribution >= 4 is 5.91 Å². The standard InChI is InChI=1S/C6H12.C2H5NO/c1-2-4-6-5-3-1;1-2(3)4/h1-6H2;1H3,(H2,3,4). The Hall–Kier alpha value is -0.530. The normalized spacial score (nSPS) is 16.9. The van der Waals surface area contributed by atoms with Crippen LogP contribution in [-0.2, 0) is 4.79 Å². The molecule has 1 rings (SSSR count). The van der Waals surface area contributed by atoms with E-state index in [2.05, 4.69) is 5.73 Å². The summed E-state index contributed by atoms with van der Waals surface area (Å²) < 4.78 is 0. The third-order valence-electron chi connectivity index (χ3n) is 1.50. The first kappa shape index (κ1) is 9.47. The zero-order valence-corrected chi connectivity index (χ0v) is 6.73. The van der Waals surface area contributed by atoms with Crippen LogP contribution in [0.15, 0.2) is 0 Å². The van der Waals surface area contributed by atoms with E-state index in [1.54, 1.807) is 0 Å². The fourth-order valence-electron chi connectivity index (χ4n) is 1.06. The summed E-state index contributed by atoms with van der Waals surface area (Å²) in [4.78, 5) is 9.22. The molecule has 0 spiro atoms. The molecular weight excluding hydrogens is 126 g/mol. The van der Waals surface area contributed by atoms with E-state index in [1.807, 2.05) is 0 Å². The molecule has 0 saturated heterocycles. The fourth-order valence-corrected chi connectivity index (χ4v) is 1.06. The van der Waals surface area contributed by atoms with E-state index in [9.17, 15) is 4.79 Å². The fraction of sp³-hybridized carbons (Fsp3) is 0.875. The van der Waals surface area contributed by atoms with Gasteiger partial charge in [-0.2, -0.15) is 0 Å². The summed E-state index contributed by atoms with van der Waals surface area (Å²) in [6.45, 7) is 1.31. The van der Waals surface area contributed by atoms with Gasteiger partial charge in [-0.25, -0.2) is 0 Å². The minimum atomic E-state index is -0.333. The Morgan fingerprint density at radius 2 is 1.10 bits per heavy atom. The second-order valence-corrected chi connectivity index (χ2v) is 2.73. The van der Waals surface area contributed by atoms with Gasteiger partial charge in [0.15, 0.2) is 0 Å². The van der Waals surface area contributed by atoms with Gasteiger partial charge in [0, 0.05) is 6.92 Å². The summed E-state index contributed by atoms with van der Waals surface area (Å²) in [5.74, 6) is -0.333. The van der Waals surface area contributed by atoms with Crippen molar-refractivity contribution in [3.63, 3.8) is 0 Å². The van der Waals surface area contributed by atoms with E-state index in [0.29, 0.717) is 0 Å². The van der Waals surface area contributed by atoms with E-state index >= 15 is 0 Å². The summed E-state index contributed by atoms with van der Waals surface area (Å²) in [6, 6.07) is 0. The Balaban J connectivity index is 0.000000180. The van der Waals surface area contributed by atoms with Crippen molar-refractivity contribution in [1.29, 1.82) is 0 Å². The Morgan fingerprint density at radius 3 is 1.20 bits per heavy atom. The number of rotatable bonds is 0. The first-order chi connectivity index (χ1) is 4.73. The number of nitrogens with two attached hydrogens (primary N) is 1. The van der Waals surface area contributed by atoms with Gasteiger partial charge in [-0.1, -0.05) is 38.5 Å². The molecule has 0 atom stereocenters. The lowest BCUT2D eigenvalue weighted by atomic mass is 10.0. The molecule has 2 N–H and O–H groups in total. The van der Waals surface area contributed by atoms with Crippen LogP contribution in [0.3, 0.4) is 0 Å². The molecule has 0 aromatic heterocycles. The SMILES string of the molecule is C1CCCCC1.CC(N)=O. The quantitative estimate of drug-likeness (QED) is 0.552. The summed E-state index contributed by atoms with van der Waals surface area (Å²) in [7, 11) is 0. The highest BCUT2D eigenvalue weighted by atomic mass is 16.1. The van der Waals surface area contributed by atoms with E-state index < -0.39 is 0 Å². The van der Waals surface area contributed by atoms with Crippen molar-refractivity contribution in [2.75, 3.05) is 0 Å². The molecule has 60 valence electrons. The molecule has 1 amide bonds. The molecular formula is C8H17NO. The monoisotopic (exact) mass is 143 g/mol. The molecule has 1 fully saturated rings. The van der Waals surface area contributed by atoms with Crippen molar-refractivity contribution < 1.29 is 4.79 Å². The van der Waals surface area contributed by atoms with Gasteiger partial charge >= 0.3 is 0 Å². The lowest BCUT2D eigenvalue weighted by molar-refractivity contribution is -0.115. The second kappa shape index (κ2) is 6.59. The predicted molar refractivity (Wildman–Crippen MR) is 42.6 cm³/mol. The Kier molecular flexibility index (Phi) is 6.24.